The normalized spacial score (nSPS) is 19.4. The van der Waals surface area contributed by atoms with Crippen LogP contribution in [0.25, 0.3) is 0 Å². The van der Waals surface area contributed by atoms with Crippen molar-refractivity contribution in [2.45, 2.75) is 50.5 Å². The lowest BCUT2D eigenvalue weighted by Crippen LogP contribution is -2.29. The molecule has 0 aromatic carbocycles. The smallest absolute Gasteiger partial charge is 0.274 e. The molecule has 2 fully saturated rings. The van der Waals surface area contributed by atoms with Crippen molar-refractivity contribution in [2.24, 2.45) is 0 Å². The highest BCUT2D eigenvalue weighted by molar-refractivity contribution is 5.97. The number of H-pyrrole nitrogens is 1. The Morgan fingerprint density at radius 3 is 2.80 bits per heavy atom. The topological polar surface area (TPSA) is 93.0 Å². The molecular weight excluding hydrogens is 256 g/mol. The molecule has 1 aromatic rings. The lowest BCUT2D eigenvalue weighted by Gasteiger charge is -2.11. The Hall–Kier alpha value is -1.56. The predicted octanol–water partition coefficient (Wildman–Crippen LogP) is 1.56. The van der Waals surface area contributed by atoms with Gasteiger partial charge < -0.3 is 15.8 Å². The van der Waals surface area contributed by atoms with Gasteiger partial charge >= 0.3 is 0 Å². The average Bonchev–Trinajstić information content (AvgIpc) is 3.00. The zero-order valence-corrected chi connectivity index (χ0v) is 11.7. The number of ether oxygens (including phenoxy) is 1. The maximum Gasteiger partial charge on any atom is 0.274 e. The summed E-state index contributed by atoms with van der Waals surface area (Å²) in [5.41, 5.74) is 7.69. The second-order valence-electron chi connectivity index (χ2n) is 5.71. The van der Waals surface area contributed by atoms with Crippen LogP contribution in [0, 0.1) is 0 Å². The summed E-state index contributed by atoms with van der Waals surface area (Å²) in [7, 11) is 0. The Labute approximate surface area is 118 Å². The summed E-state index contributed by atoms with van der Waals surface area (Å²) >= 11 is 0. The Balaban J connectivity index is 1.44. The minimum absolute atomic E-state index is 0.222. The number of hydrogen-bond acceptors (Lipinski definition) is 4. The SMILES string of the molecule is Nc1c(C(=O)NCCOC2CCCC2)n[nH]c1C1CC1. The lowest BCUT2D eigenvalue weighted by atomic mass is 10.2. The lowest BCUT2D eigenvalue weighted by molar-refractivity contribution is 0.0581. The Morgan fingerprint density at radius 1 is 1.35 bits per heavy atom. The number of aromatic nitrogens is 2. The molecule has 110 valence electrons. The number of nitrogens with one attached hydrogen (secondary N) is 2. The Bertz CT molecular complexity index is 476. The third-order valence-electron chi connectivity index (χ3n) is 4.08. The van der Waals surface area contributed by atoms with E-state index in [0.29, 0.717) is 36.6 Å². The van der Waals surface area contributed by atoms with Gasteiger partial charge in [-0.3, -0.25) is 9.89 Å². The zero-order valence-electron chi connectivity index (χ0n) is 11.7. The van der Waals surface area contributed by atoms with Crippen molar-refractivity contribution in [3.05, 3.63) is 11.4 Å². The van der Waals surface area contributed by atoms with Crippen LogP contribution in [0.3, 0.4) is 0 Å². The van der Waals surface area contributed by atoms with Gasteiger partial charge in [0.15, 0.2) is 5.69 Å². The molecule has 6 heteroatoms. The number of carbonyl (C=O) groups excluding carboxylic acids is 1. The van der Waals surface area contributed by atoms with Gasteiger partial charge in [0.25, 0.3) is 5.91 Å². The minimum Gasteiger partial charge on any atom is -0.395 e. The first kappa shape index (κ1) is 13.4. The van der Waals surface area contributed by atoms with Gasteiger partial charge in [0.05, 0.1) is 24.1 Å². The van der Waals surface area contributed by atoms with Gasteiger partial charge in [-0.1, -0.05) is 12.8 Å². The largest absolute Gasteiger partial charge is 0.395 e. The zero-order chi connectivity index (χ0) is 13.9. The van der Waals surface area contributed by atoms with Crippen molar-refractivity contribution in [2.75, 3.05) is 18.9 Å². The quantitative estimate of drug-likeness (QED) is 0.688. The molecule has 1 aromatic heterocycles. The van der Waals surface area contributed by atoms with Crippen LogP contribution in [0.1, 0.15) is 60.6 Å². The van der Waals surface area contributed by atoms with Crippen molar-refractivity contribution in [1.29, 1.82) is 0 Å². The maximum absolute atomic E-state index is 12.0. The van der Waals surface area contributed by atoms with E-state index in [-0.39, 0.29) is 5.91 Å². The number of amides is 1. The maximum atomic E-state index is 12.0. The van der Waals surface area contributed by atoms with Gasteiger partial charge in [-0.25, -0.2) is 0 Å². The first-order chi connectivity index (χ1) is 9.75. The van der Waals surface area contributed by atoms with Gasteiger partial charge in [0.1, 0.15) is 0 Å². The van der Waals surface area contributed by atoms with Gasteiger partial charge in [-0.2, -0.15) is 5.10 Å². The highest BCUT2D eigenvalue weighted by Crippen LogP contribution is 2.42. The molecule has 6 nitrogen and oxygen atoms in total. The monoisotopic (exact) mass is 278 g/mol. The molecule has 4 N–H and O–H groups in total. The van der Waals surface area contributed by atoms with Crippen molar-refractivity contribution in [3.8, 4) is 0 Å². The predicted molar refractivity (Wildman–Crippen MR) is 75.5 cm³/mol. The van der Waals surface area contributed by atoms with E-state index < -0.39 is 0 Å². The van der Waals surface area contributed by atoms with E-state index in [9.17, 15) is 4.79 Å². The third-order valence-corrected chi connectivity index (χ3v) is 4.08. The summed E-state index contributed by atoms with van der Waals surface area (Å²) in [5.74, 6) is 0.246. The van der Waals surface area contributed by atoms with Crippen molar-refractivity contribution < 1.29 is 9.53 Å². The molecule has 0 spiro atoms. The fourth-order valence-electron chi connectivity index (χ4n) is 2.75. The van der Waals surface area contributed by atoms with E-state index in [2.05, 4.69) is 15.5 Å². The molecule has 1 amide bonds. The molecule has 2 aliphatic rings. The number of carbonyl (C=O) groups is 1. The van der Waals surface area contributed by atoms with E-state index in [1.807, 2.05) is 0 Å². The molecule has 0 atom stereocenters. The van der Waals surface area contributed by atoms with Crippen LogP contribution in [0.4, 0.5) is 5.69 Å². The molecule has 3 rings (SSSR count). The van der Waals surface area contributed by atoms with Crippen LogP contribution >= 0.6 is 0 Å². The number of nitrogens with two attached hydrogens (primary N) is 1. The Kier molecular flexibility index (Phi) is 3.91. The molecule has 0 saturated heterocycles. The van der Waals surface area contributed by atoms with Gasteiger partial charge in [-0.05, 0) is 25.7 Å². The van der Waals surface area contributed by atoms with Crippen LogP contribution in [0.5, 0.6) is 0 Å². The molecule has 1 heterocycles. The summed E-state index contributed by atoms with van der Waals surface area (Å²) in [6.07, 6.45) is 7.43. The van der Waals surface area contributed by atoms with Gasteiger partial charge in [0, 0.05) is 12.5 Å². The molecule has 0 unspecified atom stereocenters. The summed E-state index contributed by atoms with van der Waals surface area (Å²) < 4.78 is 5.70. The molecule has 0 radical (unpaired) electrons. The molecule has 0 aliphatic heterocycles. The standard InChI is InChI=1S/C14H22N4O2/c15-11-12(9-5-6-9)17-18-13(11)14(19)16-7-8-20-10-3-1-2-4-10/h9-10H,1-8,15H2,(H,16,19)(H,17,18). The number of rotatable bonds is 6. The third kappa shape index (κ3) is 2.95. The summed E-state index contributed by atoms with van der Waals surface area (Å²) in [4.78, 5) is 12.0. The van der Waals surface area contributed by atoms with Crippen LogP contribution in [-0.4, -0.2) is 35.4 Å². The van der Waals surface area contributed by atoms with Crippen molar-refractivity contribution in [1.82, 2.24) is 15.5 Å². The summed E-state index contributed by atoms with van der Waals surface area (Å²) in [6.45, 7) is 1.05. The van der Waals surface area contributed by atoms with E-state index in [4.69, 9.17) is 10.5 Å². The highest BCUT2D eigenvalue weighted by Gasteiger charge is 2.30. The number of hydrogen-bond donors (Lipinski definition) is 3. The summed E-state index contributed by atoms with van der Waals surface area (Å²) in [5, 5.41) is 9.73. The van der Waals surface area contributed by atoms with E-state index in [1.165, 1.54) is 12.8 Å². The average molecular weight is 278 g/mol. The molecular formula is C14H22N4O2. The van der Waals surface area contributed by atoms with Crippen LogP contribution in [0.2, 0.25) is 0 Å². The fraction of sp³-hybridized carbons (Fsp3) is 0.714. The molecule has 2 saturated carbocycles. The fourth-order valence-corrected chi connectivity index (χ4v) is 2.75. The molecule has 2 aliphatic carbocycles. The number of nitrogens with zero attached hydrogens (tertiary/aromatic N) is 1. The van der Waals surface area contributed by atoms with E-state index >= 15 is 0 Å². The van der Waals surface area contributed by atoms with Crippen molar-refractivity contribution in [3.63, 3.8) is 0 Å². The van der Waals surface area contributed by atoms with Gasteiger partial charge in [0.2, 0.25) is 0 Å². The second-order valence-corrected chi connectivity index (χ2v) is 5.71. The van der Waals surface area contributed by atoms with Crippen LogP contribution < -0.4 is 11.1 Å². The minimum atomic E-state index is -0.222. The van der Waals surface area contributed by atoms with E-state index in [1.54, 1.807) is 0 Å². The number of anilines is 1. The first-order valence-electron chi connectivity index (χ1n) is 7.49. The van der Waals surface area contributed by atoms with Crippen LogP contribution in [0.15, 0.2) is 0 Å². The van der Waals surface area contributed by atoms with Crippen molar-refractivity contribution >= 4 is 11.6 Å². The summed E-state index contributed by atoms with van der Waals surface area (Å²) in [6, 6.07) is 0. The van der Waals surface area contributed by atoms with Gasteiger partial charge in [-0.15, -0.1) is 0 Å². The molecule has 0 bridgehead atoms. The molecule has 20 heavy (non-hydrogen) atoms. The second kappa shape index (κ2) is 5.83. The van der Waals surface area contributed by atoms with E-state index in [0.717, 1.165) is 31.4 Å². The van der Waals surface area contributed by atoms with Crippen LogP contribution in [-0.2, 0) is 4.74 Å². The first-order valence-corrected chi connectivity index (χ1v) is 7.49. The number of aromatic amines is 1. The Morgan fingerprint density at radius 2 is 2.10 bits per heavy atom. The number of nitrogen functional groups attached to an aromatic ring is 1. The highest BCUT2D eigenvalue weighted by atomic mass is 16.5.